The molecule has 2 nitrogen and oxygen atoms in total. The summed E-state index contributed by atoms with van der Waals surface area (Å²) in [6, 6.07) is 0.861. The maximum atomic E-state index is 2.59. The Morgan fingerprint density at radius 1 is 1.21 bits per heavy atom. The molecule has 2 fully saturated rings. The fourth-order valence-corrected chi connectivity index (χ4v) is 5.79. The molecule has 0 radical (unpaired) electrons. The minimum atomic E-state index is 0. The van der Waals surface area contributed by atoms with Crippen LogP contribution in [0.5, 0.6) is 0 Å². The van der Waals surface area contributed by atoms with E-state index in [4.69, 9.17) is 0 Å². The molecule has 0 aromatic carbocycles. The van der Waals surface area contributed by atoms with Gasteiger partial charge in [0.05, 0.1) is 39.3 Å². The molecule has 2 N–H and O–H groups in total. The molecule has 24 heavy (non-hydrogen) atoms. The minimum absolute atomic E-state index is 0. The zero-order valence-electron chi connectivity index (χ0n) is 15.9. The minimum Gasteiger partial charge on any atom is -1.00 e. The summed E-state index contributed by atoms with van der Waals surface area (Å²) in [7, 11) is 2.55. The van der Waals surface area contributed by atoms with Gasteiger partial charge in [0.1, 0.15) is 0 Å². The van der Waals surface area contributed by atoms with E-state index in [1.54, 1.807) is 0 Å². The highest BCUT2D eigenvalue weighted by molar-refractivity contribution is 5.15. The molecule has 2 aliphatic carbocycles. The van der Waals surface area contributed by atoms with Crippen molar-refractivity contribution >= 4 is 0 Å². The lowest BCUT2D eigenvalue weighted by Gasteiger charge is -2.50. The molecule has 0 aromatic heterocycles. The SMILES string of the molecule is CCC(CC)[NH2+]CCCC[N+]1(C)CC2CC=CC3CCC32C1.[I-].[I-]. The highest BCUT2D eigenvalue weighted by Gasteiger charge is 2.61. The van der Waals surface area contributed by atoms with Crippen LogP contribution in [-0.2, 0) is 0 Å². The molecule has 0 bridgehead atoms. The summed E-state index contributed by atoms with van der Waals surface area (Å²) in [6.45, 7) is 10.3. The van der Waals surface area contributed by atoms with Crippen LogP contribution in [0, 0.1) is 17.3 Å². The van der Waals surface area contributed by atoms with Crippen LogP contribution in [0.3, 0.4) is 0 Å². The van der Waals surface area contributed by atoms with E-state index in [0.29, 0.717) is 0 Å². The van der Waals surface area contributed by atoms with E-state index < -0.39 is 0 Å². The van der Waals surface area contributed by atoms with Gasteiger partial charge in [-0.25, -0.2) is 0 Å². The number of quaternary nitrogens is 2. The number of rotatable bonds is 8. The summed E-state index contributed by atoms with van der Waals surface area (Å²) in [4.78, 5) is 0. The second-order valence-corrected chi connectivity index (χ2v) is 8.73. The zero-order chi connectivity index (χ0) is 15.6. The Balaban J connectivity index is 0.00000144. The first-order valence-corrected chi connectivity index (χ1v) is 9.95. The Kier molecular flexibility index (Phi) is 9.54. The lowest BCUT2D eigenvalue weighted by atomic mass is 9.53. The number of nitrogens with zero attached hydrogens (tertiary/aromatic N) is 1. The van der Waals surface area contributed by atoms with Gasteiger partial charge in [-0.3, -0.25) is 0 Å². The van der Waals surface area contributed by atoms with Crippen LogP contribution in [0.25, 0.3) is 0 Å². The van der Waals surface area contributed by atoms with E-state index in [1.807, 2.05) is 0 Å². The summed E-state index contributed by atoms with van der Waals surface area (Å²) < 4.78 is 1.37. The molecule has 0 amide bonds. The Labute approximate surface area is 184 Å². The number of likely N-dealkylation sites (tertiary alicyclic amines) is 1. The molecule has 4 atom stereocenters. The van der Waals surface area contributed by atoms with Gasteiger partial charge in [0.25, 0.3) is 0 Å². The van der Waals surface area contributed by atoms with Crippen molar-refractivity contribution in [1.82, 2.24) is 0 Å². The van der Waals surface area contributed by atoms with Gasteiger partial charge in [-0.05, 0) is 38.0 Å². The molecule has 4 unspecified atom stereocenters. The van der Waals surface area contributed by atoms with Crippen molar-refractivity contribution in [2.24, 2.45) is 17.3 Å². The Hall–Kier alpha value is 1.12. The normalized spacial score (nSPS) is 36.3. The largest absolute Gasteiger partial charge is 1.00 e. The van der Waals surface area contributed by atoms with Crippen LogP contribution < -0.4 is 53.3 Å². The highest BCUT2D eigenvalue weighted by Crippen LogP contribution is 2.60. The topological polar surface area (TPSA) is 16.6 Å². The van der Waals surface area contributed by atoms with Crippen molar-refractivity contribution in [2.45, 2.75) is 64.8 Å². The van der Waals surface area contributed by atoms with E-state index in [0.717, 1.165) is 23.3 Å². The summed E-state index contributed by atoms with van der Waals surface area (Å²) in [6.07, 6.45) is 14.9. The average Bonchev–Trinajstić information content (AvgIpc) is 2.81. The Morgan fingerprint density at radius 2 is 1.96 bits per heavy atom. The van der Waals surface area contributed by atoms with Crippen LogP contribution in [0.4, 0.5) is 0 Å². The fourth-order valence-electron chi connectivity index (χ4n) is 5.79. The van der Waals surface area contributed by atoms with Crippen molar-refractivity contribution in [1.29, 1.82) is 0 Å². The summed E-state index contributed by atoms with van der Waals surface area (Å²) in [5, 5.41) is 2.59. The first-order valence-electron chi connectivity index (χ1n) is 9.95. The molecule has 1 aliphatic heterocycles. The van der Waals surface area contributed by atoms with Crippen LogP contribution in [0.2, 0.25) is 0 Å². The fraction of sp³-hybridized carbons (Fsp3) is 0.900. The van der Waals surface area contributed by atoms with Gasteiger partial charge in [0.15, 0.2) is 0 Å². The van der Waals surface area contributed by atoms with E-state index in [2.05, 4.69) is 38.4 Å². The number of allylic oxidation sites excluding steroid dienone is 2. The van der Waals surface area contributed by atoms with Gasteiger partial charge in [-0.1, -0.05) is 26.0 Å². The predicted molar refractivity (Wildman–Crippen MR) is 93.6 cm³/mol. The number of hydrogen-bond donors (Lipinski definition) is 1. The van der Waals surface area contributed by atoms with Crippen molar-refractivity contribution < 1.29 is 57.8 Å². The maximum Gasteiger partial charge on any atom is 0.0853 e. The summed E-state index contributed by atoms with van der Waals surface area (Å²) in [5.41, 5.74) is 0.727. The molecule has 1 saturated heterocycles. The number of hydrogen-bond acceptors (Lipinski definition) is 0. The van der Waals surface area contributed by atoms with Crippen molar-refractivity contribution in [3.63, 3.8) is 0 Å². The molecule has 4 heteroatoms. The van der Waals surface area contributed by atoms with Crippen LogP contribution in [0.15, 0.2) is 12.2 Å². The molecule has 142 valence electrons. The summed E-state index contributed by atoms with van der Waals surface area (Å²) >= 11 is 0. The lowest BCUT2D eigenvalue weighted by molar-refractivity contribution is -0.902. The average molecular weight is 560 g/mol. The van der Waals surface area contributed by atoms with Crippen molar-refractivity contribution in [2.75, 3.05) is 33.2 Å². The first kappa shape index (κ1) is 23.2. The molecule has 1 heterocycles. The Morgan fingerprint density at radius 3 is 2.54 bits per heavy atom. The first-order chi connectivity index (χ1) is 10.6. The molecule has 1 saturated carbocycles. The monoisotopic (exact) mass is 560 g/mol. The van der Waals surface area contributed by atoms with E-state index in [1.165, 1.54) is 75.6 Å². The van der Waals surface area contributed by atoms with Gasteiger partial charge in [-0.15, -0.1) is 0 Å². The van der Waals surface area contributed by atoms with E-state index in [-0.39, 0.29) is 48.0 Å². The number of nitrogens with two attached hydrogens (primary N) is 1. The van der Waals surface area contributed by atoms with Gasteiger partial charge in [0.2, 0.25) is 0 Å². The van der Waals surface area contributed by atoms with Crippen LogP contribution in [0.1, 0.15) is 58.8 Å². The van der Waals surface area contributed by atoms with Gasteiger partial charge < -0.3 is 57.8 Å². The summed E-state index contributed by atoms with van der Waals surface area (Å²) in [5.74, 6) is 1.94. The van der Waals surface area contributed by atoms with Gasteiger partial charge in [-0.2, -0.15) is 0 Å². The van der Waals surface area contributed by atoms with E-state index >= 15 is 0 Å². The second-order valence-electron chi connectivity index (χ2n) is 8.73. The smallest absolute Gasteiger partial charge is 0.0853 e. The Bertz CT molecular complexity index is 410. The third-order valence-electron chi connectivity index (χ3n) is 7.30. The predicted octanol–water partition coefficient (Wildman–Crippen LogP) is -3.04. The molecule has 0 aromatic rings. The number of unbranched alkanes of at least 4 members (excludes halogenated alkanes) is 1. The molecule has 3 rings (SSSR count). The highest BCUT2D eigenvalue weighted by atomic mass is 127. The van der Waals surface area contributed by atoms with Gasteiger partial charge in [0, 0.05) is 24.2 Å². The molecular formula is C20H38I2N2. The lowest BCUT2D eigenvalue weighted by Crippen LogP contribution is -3.00. The standard InChI is InChI=1S/C20H37N2.2HI/c1-4-19(5-2)21-13-6-7-14-22(3)15-18-10-8-9-17-11-12-20(17,18)16-22;;/h8-9,17-19,21H,4-7,10-16H2,1-3H3;2*1H/q+1;;/p-1. The third kappa shape index (κ3) is 4.69. The quantitative estimate of drug-likeness (QED) is 0.141. The number of halogens is 2. The second kappa shape index (κ2) is 9.88. The molecule has 1 spiro atoms. The van der Waals surface area contributed by atoms with Crippen LogP contribution in [-0.4, -0.2) is 43.8 Å². The third-order valence-corrected chi connectivity index (χ3v) is 7.30. The van der Waals surface area contributed by atoms with E-state index in [9.17, 15) is 0 Å². The zero-order valence-corrected chi connectivity index (χ0v) is 20.3. The van der Waals surface area contributed by atoms with Crippen molar-refractivity contribution in [3.05, 3.63) is 12.2 Å². The van der Waals surface area contributed by atoms with Crippen molar-refractivity contribution in [3.8, 4) is 0 Å². The molecular weight excluding hydrogens is 522 g/mol. The van der Waals surface area contributed by atoms with Gasteiger partial charge >= 0.3 is 0 Å². The molecule has 3 aliphatic rings. The maximum absolute atomic E-state index is 2.59. The van der Waals surface area contributed by atoms with Crippen LogP contribution >= 0.6 is 0 Å².